The van der Waals surface area contributed by atoms with Gasteiger partial charge in [-0.15, -0.1) is 13.2 Å². The van der Waals surface area contributed by atoms with Crippen LogP contribution in [0.1, 0.15) is 16.7 Å². The third-order valence-electron chi connectivity index (χ3n) is 3.72. The molecule has 0 saturated heterocycles. The van der Waals surface area contributed by atoms with Gasteiger partial charge in [-0.2, -0.15) is 0 Å². The number of likely N-dealkylation sites (N-methyl/N-ethyl adjacent to an activating group) is 1. The minimum atomic E-state index is -4.72. The predicted octanol–water partition coefficient (Wildman–Crippen LogP) is 4.93. The number of nitrogens with one attached hydrogen (secondary N) is 1. The molecule has 0 spiro atoms. The van der Waals surface area contributed by atoms with Gasteiger partial charge in [0.05, 0.1) is 17.3 Å². The van der Waals surface area contributed by atoms with Gasteiger partial charge in [0.2, 0.25) is 5.91 Å². The van der Waals surface area contributed by atoms with Crippen molar-refractivity contribution in [2.45, 2.75) is 26.8 Å². The van der Waals surface area contributed by atoms with E-state index in [0.29, 0.717) is 17.3 Å². The molecule has 0 aliphatic heterocycles. The van der Waals surface area contributed by atoms with E-state index in [0.717, 1.165) is 16.7 Å². The summed E-state index contributed by atoms with van der Waals surface area (Å²) in [6.07, 6.45) is -4.72. The number of ether oxygens (including phenoxy) is 1. The Morgan fingerprint density at radius 3 is 2.37 bits per heavy atom. The summed E-state index contributed by atoms with van der Waals surface area (Å²) in [6.45, 7) is 4.27. The summed E-state index contributed by atoms with van der Waals surface area (Å²) < 4.78 is 40.3. The van der Waals surface area contributed by atoms with Crippen LogP contribution in [0.4, 0.5) is 18.9 Å². The molecular formula is C19H20ClF3N2O2. The molecule has 0 fully saturated rings. The third kappa shape index (κ3) is 6.77. The third-order valence-corrected chi connectivity index (χ3v) is 4.02. The Kier molecular flexibility index (Phi) is 6.73. The monoisotopic (exact) mass is 400 g/mol. The Bertz CT molecular complexity index is 785. The lowest BCUT2D eigenvalue weighted by Gasteiger charge is -2.18. The lowest BCUT2D eigenvalue weighted by atomic mass is 10.1. The second kappa shape index (κ2) is 8.63. The fraction of sp³-hybridized carbons (Fsp3) is 0.316. The number of alkyl halides is 3. The summed E-state index contributed by atoms with van der Waals surface area (Å²) in [6, 6.07) is 9.24. The fourth-order valence-electron chi connectivity index (χ4n) is 2.66. The van der Waals surface area contributed by atoms with Gasteiger partial charge in [-0.1, -0.05) is 29.8 Å². The molecule has 2 aromatic rings. The zero-order valence-corrected chi connectivity index (χ0v) is 15.9. The normalized spacial score (nSPS) is 11.6. The molecule has 8 heteroatoms. The van der Waals surface area contributed by atoms with E-state index in [1.807, 2.05) is 19.9 Å². The molecule has 2 rings (SSSR count). The lowest BCUT2D eigenvalue weighted by Crippen LogP contribution is -2.30. The summed E-state index contributed by atoms with van der Waals surface area (Å²) in [5.41, 5.74) is 3.21. The highest BCUT2D eigenvalue weighted by Crippen LogP contribution is 2.27. The van der Waals surface area contributed by atoms with Crippen LogP contribution >= 0.6 is 11.6 Å². The molecule has 0 aliphatic carbocycles. The van der Waals surface area contributed by atoms with Gasteiger partial charge in [0.25, 0.3) is 0 Å². The molecule has 0 saturated carbocycles. The van der Waals surface area contributed by atoms with E-state index in [-0.39, 0.29) is 18.2 Å². The van der Waals surface area contributed by atoms with Crippen LogP contribution in [-0.2, 0) is 11.3 Å². The van der Waals surface area contributed by atoms with Gasteiger partial charge in [0.1, 0.15) is 5.75 Å². The maximum atomic E-state index is 12.3. The van der Waals surface area contributed by atoms with Crippen LogP contribution in [0.3, 0.4) is 0 Å². The van der Waals surface area contributed by atoms with Crippen LogP contribution in [0.25, 0.3) is 0 Å². The minimum Gasteiger partial charge on any atom is -0.406 e. The Hall–Kier alpha value is -2.25. The van der Waals surface area contributed by atoms with Crippen LogP contribution in [-0.4, -0.2) is 30.8 Å². The largest absolute Gasteiger partial charge is 0.573 e. The van der Waals surface area contributed by atoms with E-state index in [1.54, 1.807) is 18.0 Å². The highest BCUT2D eigenvalue weighted by Gasteiger charge is 2.30. The topological polar surface area (TPSA) is 41.6 Å². The minimum absolute atomic E-state index is 0.102. The number of carbonyl (C=O) groups is 1. The molecule has 27 heavy (non-hydrogen) atoms. The van der Waals surface area contributed by atoms with Crippen molar-refractivity contribution in [2.24, 2.45) is 0 Å². The molecular weight excluding hydrogens is 381 g/mol. The first-order valence-corrected chi connectivity index (χ1v) is 8.51. The molecule has 146 valence electrons. The highest BCUT2D eigenvalue weighted by molar-refractivity contribution is 6.34. The van der Waals surface area contributed by atoms with Gasteiger partial charge in [0, 0.05) is 6.54 Å². The van der Waals surface area contributed by atoms with Gasteiger partial charge in [-0.3, -0.25) is 9.69 Å². The second-order valence-electron chi connectivity index (χ2n) is 6.35. The molecule has 1 N–H and O–H groups in total. The average Bonchev–Trinajstić information content (AvgIpc) is 2.51. The van der Waals surface area contributed by atoms with Crippen LogP contribution in [0.2, 0.25) is 5.02 Å². The van der Waals surface area contributed by atoms with E-state index in [2.05, 4.69) is 10.1 Å². The van der Waals surface area contributed by atoms with Gasteiger partial charge in [0.15, 0.2) is 0 Å². The predicted molar refractivity (Wildman–Crippen MR) is 99.0 cm³/mol. The second-order valence-corrected chi connectivity index (χ2v) is 6.76. The number of hydrogen-bond donors (Lipinski definition) is 1. The van der Waals surface area contributed by atoms with Gasteiger partial charge in [-0.25, -0.2) is 0 Å². The van der Waals surface area contributed by atoms with Crippen LogP contribution in [0, 0.1) is 13.8 Å². The number of amides is 1. The Morgan fingerprint density at radius 2 is 1.81 bits per heavy atom. The molecule has 0 radical (unpaired) electrons. The summed E-state index contributed by atoms with van der Waals surface area (Å²) in [5.74, 6) is -0.514. The number of benzene rings is 2. The Labute approximate surface area is 160 Å². The molecule has 0 aromatic heterocycles. The summed E-state index contributed by atoms with van der Waals surface area (Å²) >= 11 is 6.19. The van der Waals surface area contributed by atoms with Gasteiger partial charge in [-0.05, 0) is 55.8 Å². The van der Waals surface area contributed by atoms with Crippen molar-refractivity contribution < 1.29 is 22.7 Å². The number of halogens is 4. The zero-order chi connectivity index (χ0) is 20.2. The SMILES string of the molecule is Cc1cc(C)c(NC(=O)CN(C)Cc2ccc(OC(F)(F)F)cc2)c(Cl)c1. The van der Waals surface area contributed by atoms with E-state index in [9.17, 15) is 18.0 Å². The van der Waals surface area contributed by atoms with Crippen molar-refractivity contribution in [3.8, 4) is 5.75 Å². The van der Waals surface area contributed by atoms with E-state index < -0.39 is 6.36 Å². The molecule has 1 amide bonds. The van der Waals surface area contributed by atoms with Crippen molar-refractivity contribution in [1.82, 2.24) is 4.90 Å². The smallest absolute Gasteiger partial charge is 0.406 e. The average molecular weight is 401 g/mol. The summed E-state index contributed by atoms with van der Waals surface area (Å²) in [7, 11) is 1.74. The fourth-order valence-corrected chi connectivity index (χ4v) is 3.03. The maximum absolute atomic E-state index is 12.3. The zero-order valence-electron chi connectivity index (χ0n) is 15.2. The summed E-state index contributed by atoms with van der Waals surface area (Å²) in [5, 5.41) is 3.28. The van der Waals surface area contributed by atoms with Crippen LogP contribution in [0.15, 0.2) is 36.4 Å². The number of aryl methyl sites for hydroxylation is 2. The van der Waals surface area contributed by atoms with Crippen LogP contribution in [0.5, 0.6) is 5.75 Å². The standard InChI is InChI=1S/C19H20ClF3N2O2/c1-12-8-13(2)18(16(20)9-12)24-17(26)11-25(3)10-14-4-6-15(7-5-14)27-19(21,22)23/h4-9H,10-11H2,1-3H3,(H,24,26). The number of anilines is 1. The Morgan fingerprint density at radius 1 is 1.19 bits per heavy atom. The van der Waals surface area contributed by atoms with Crippen molar-refractivity contribution in [3.63, 3.8) is 0 Å². The van der Waals surface area contributed by atoms with Gasteiger partial charge < -0.3 is 10.1 Å². The van der Waals surface area contributed by atoms with Crippen molar-refractivity contribution in [2.75, 3.05) is 18.9 Å². The van der Waals surface area contributed by atoms with Crippen molar-refractivity contribution in [3.05, 3.63) is 58.1 Å². The number of hydrogen-bond acceptors (Lipinski definition) is 3. The quantitative estimate of drug-likeness (QED) is 0.747. The van der Waals surface area contributed by atoms with Gasteiger partial charge >= 0.3 is 6.36 Å². The molecule has 4 nitrogen and oxygen atoms in total. The number of rotatable bonds is 6. The molecule has 2 aromatic carbocycles. The first kappa shape index (κ1) is 21.1. The maximum Gasteiger partial charge on any atom is 0.573 e. The molecule has 0 atom stereocenters. The first-order chi connectivity index (χ1) is 12.5. The van der Waals surface area contributed by atoms with Crippen LogP contribution < -0.4 is 10.1 Å². The van der Waals surface area contributed by atoms with Crippen molar-refractivity contribution in [1.29, 1.82) is 0 Å². The van der Waals surface area contributed by atoms with E-state index in [1.165, 1.54) is 24.3 Å². The highest BCUT2D eigenvalue weighted by atomic mass is 35.5. The lowest BCUT2D eigenvalue weighted by molar-refractivity contribution is -0.274. The molecule has 0 aliphatic rings. The number of carbonyl (C=O) groups excluding carboxylic acids is 1. The van der Waals surface area contributed by atoms with E-state index >= 15 is 0 Å². The Balaban J connectivity index is 1.92. The summed E-state index contributed by atoms with van der Waals surface area (Å²) in [4.78, 5) is 14.0. The van der Waals surface area contributed by atoms with E-state index in [4.69, 9.17) is 11.6 Å². The first-order valence-electron chi connectivity index (χ1n) is 8.13. The molecule has 0 bridgehead atoms. The molecule has 0 heterocycles. The van der Waals surface area contributed by atoms with Crippen molar-refractivity contribution >= 4 is 23.2 Å². The number of nitrogens with zero attached hydrogens (tertiary/aromatic N) is 1. The molecule has 0 unspecified atom stereocenters.